The summed E-state index contributed by atoms with van der Waals surface area (Å²) in [5.74, 6) is 0.825. The number of likely N-dealkylation sites (tertiary alicyclic amines) is 1. The van der Waals surface area contributed by atoms with Crippen LogP contribution in [0, 0.1) is 0 Å². The quantitative estimate of drug-likeness (QED) is 0.409. The second-order valence-corrected chi connectivity index (χ2v) is 8.65. The van der Waals surface area contributed by atoms with Gasteiger partial charge in [0, 0.05) is 31.0 Å². The molecule has 0 saturated carbocycles. The molecule has 30 heavy (non-hydrogen) atoms. The molecule has 6 heteroatoms. The van der Waals surface area contributed by atoms with E-state index in [1.165, 1.54) is 0 Å². The minimum Gasteiger partial charge on any atom is -0.339 e. The molecule has 2 heterocycles. The Morgan fingerprint density at radius 3 is 2.53 bits per heavy atom. The van der Waals surface area contributed by atoms with Crippen molar-refractivity contribution in [3.63, 3.8) is 0 Å². The predicted octanol–water partition coefficient (Wildman–Crippen LogP) is 4.72. The van der Waals surface area contributed by atoms with Crippen molar-refractivity contribution in [2.24, 2.45) is 0 Å². The SMILES string of the molecule is CCCCn1c(SCc2ccc(C(=O)N3CCCC3)cc2)nc2ccccc2c1=O. The van der Waals surface area contributed by atoms with Gasteiger partial charge in [0.15, 0.2) is 5.16 Å². The molecule has 156 valence electrons. The Labute approximate surface area is 181 Å². The van der Waals surface area contributed by atoms with Crippen LogP contribution in [0.25, 0.3) is 10.9 Å². The number of hydrogen-bond donors (Lipinski definition) is 0. The largest absolute Gasteiger partial charge is 0.339 e. The number of nitrogens with zero attached hydrogens (tertiary/aromatic N) is 3. The van der Waals surface area contributed by atoms with Crippen molar-refractivity contribution in [1.82, 2.24) is 14.5 Å². The Morgan fingerprint density at radius 1 is 1.07 bits per heavy atom. The zero-order valence-corrected chi connectivity index (χ0v) is 18.2. The molecule has 1 amide bonds. The Kier molecular flexibility index (Phi) is 6.53. The zero-order chi connectivity index (χ0) is 20.9. The highest BCUT2D eigenvalue weighted by Crippen LogP contribution is 2.23. The van der Waals surface area contributed by atoms with Crippen LogP contribution in [-0.2, 0) is 12.3 Å². The van der Waals surface area contributed by atoms with Crippen LogP contribution in [0.3, 0.4) is 0 Å². The molecule has 1 aromatic heterocycles. The van der Waals surface area contributed by atoms with E-state index in [2.05, 4.69) is 6.92 Å². The van der Waals surface area contributed by atoms with E-state index < -0.39 is 0 Å². The van der Waals surface area contributed by atoms with Gasteiger partial charge in [0.1, 0.15) is 0 Å². The molecule has 0 aliphatic carbocycles. The lowest BCUT2D eigenvalue weighted by molar-refractivity contribution is 0.0793. The highest BCUT2D eigenvalue weighted by atomic mass is 32.2. The van der Waals surface area contributed by atoms with Gasteiger partial charge < -0.3 is 4.90 Å². The van der Waals surface area contributed by atoms with Crippen molar-refractivity contribution in [3.05, 3.63) is 70.0 Å². The summed E-state index contributed by atoms with van der Waals surface area (Å²) in [5.41, 5.74) is 2.63. The molecule has 1 aliphatic heterocycles. The van der Waals surface area contributed by atoms with Crippen LogP contribution in [0.15, 0.2) is 58.5 Å². The van der Waals surface area contributed by atoms with E-state index in [9.17, 15) is 9.59 Å². The molecule has 1 saturated heterocycles. The molecule has 1 aliphatic rings. The van der Waals surface area contributed by atoms with Crippen LogP contribution < -0.4 is 5.56 Å². The summed E-state index contributed by atoms with van der Waals surface area (Å²) in [4.78, 5) is 32.2. The minimum atomic E-state index is 0.0307. The first-order chi connectivity index (χ1) is 14.7. The summed E-state index contributed by atoms with van der Waals surface area (Å²) in [6.07, 6.45) is 4.16. The lowest BCUT2D eigenvalue weighted by atomic mass is 10.1. The number of rotatable bonds is 7. The van der Waals surface area contributed by atoms with Crippen molar-refractivity contribution in [1.29, 1.82) is 0 Å². The first-order valence-electron chi connectivity index (χ1n) is 10.7. The number of fused-ring (bicyclic) bond motifs is 1. The van der Waals surface area contributed by atoms with Crippen LogP contribution in [0.2, 0.25) is 0 Å². The highest BCUT2D eigenvalue weighted by molar-refractivity contribution is 7.98. The second-order valence-electron chi connectivity index (χ2n) is 7.71. The van der Waals surface area contributed by atoms with E-state index >= 15 is 0 Å². The number of hydrogen-bond acceptors (Lipinski definition) is 4. The summed E-state index contributed by atoms with van der Waals surface area (Å²) in [7, 11) is 0. The maximum Gasteiger partial charge on any atom is 0.262 e. The maximum atomic E-state index is 13.0. The standard InChI is InChI=1S/C24H27N3O2S/c1-2-3-16-27-23(29)20-8-4-5-9-21(20)25-24(27)30-17-18-10-12-19(13-11-18)22(28)26-14-6-7-15-26/h4-5,8-13H,2-3,6-7,14-17H2,1H3. The van der Waals surface area contributed by atoms with E-state index in [0.29, 0.717) is 17.7 Å². The van der Waals surface area contributed by atoms with Gasteiger partial charge >= 0.3 is 0 Å². The number of amides is 1. The van der Waals surface area contributed by atoms with E-state index in [0.717, 1.165) is 60.6 Å². The minimum absolute atomic E-state index is 0.0307. The average molecular weight is 422 g/mol. The number of benzene rings is 2. The maximum absolute atomic E-state index is 13.0. The van der Waals surface area contributed by atoms with Crippen LogP contribution >= 0.6 is 11.8 Å². The van der Waals surface area contributed by atoms with Gasteiger partial charge in [-0.25, -0.2) is 4.98 Å². The first kappa shape index (κ1) is 20.7. The zero-order valence-electron chi connectivity index (χ0n) is 17.3. The summed E-state index contributed by atoms with van der Waals surface area (Å²) in [5, 5.41) is 1.42. The second kappa shape index (κ2) is 9.47. The smallest absolute Gasteiger partial charge is 0.262 e. The fourth-order valence-corrected chi connectivity index (χ4v) is 4.75. The van der Waals surface area contributed by atoms with Gasteiger partial charge in [-0.1, -0.05) is 49.4 Å². The topological polar surface area (TPSA) is 55.2 Å². The Bertz CT molecular complexity index is 1090. The first-order valence-corrected chi connectivity index (χ1v) is 11.7. The third-order valence-corrected chi connectivity index (χ3v) is 6.57. The summed E-state index contributed by atoms with van der Waals surface area (Å²) >= 11 is 1.58. The fraction of sp³-hybridized carbons (Fsp3) is 0.375. The fourth-order valence-electron chi connectivity index (χ4n) is 3.77. The van der Waals surface area contributed by atoms with Gasteiger partial charge in [-0.15, -0.1) is 0 Å². The Balaban J connectivity index is 1.52. The third kappa shape index (κ3) is 4.43. The summed E-state index contributed by atoms with van der Waals surface area (Å²) < 4.78 is 1.81. The third-order valence-electron chi connectivity index (χ3n) is 5.52. The van der Waals surface area contributed by atoms with Crippen LogP contribution in [0.1, 0.15) is 48.5 Å². The van der Waals surface area contributed by atoms with Gasteiger partial charge in [0.05, 0.1) is 10.9 Å². The number of unbranched alkanes of at least 4 members (excludes halogenated alkanes) is 1. The molecule has 2 aromatic carbocycles. The van der Waals surface area contributed by atoms with Gasteiger partial charge in [0.2, 0.25) is 0 Å². The summed E-state index contributed by atoms with van der Waals surface area (Å²) in [6.45, 7) is 4.52. The van der Waals surface area contributed by atoms with E-state index in [1.54, 1.807) is 11.8 Å². The highest BCUT2D eigenvalue weighted by Gasteiger charge is 2.19. The molecule has 0 radical (unpaired) electrons. The molecular weight excluding hydrogens is 394 g/mol. The molecule has 1 fully saturated rings. The predicted molar refractivity (Wildman–Crippen MR) is 122 cm³/mol. The molecule has 0 unspecified atom stereocenters. The number of carbonyl (C=O) groups is 1. The van der Waals surface area contributed by atoms with Crippen molar-refractivity contribution in [3.8, 4) is 0 Å². The van der Waals surface area contributed by atoms with Gasteiger partial charge in [-0.05, 0) is 49.1 Å². The van der Waals surface area contributed by atoms with E-state index in [-0.39, 0.29) is 11.5 Å². The molecule has 5 nitrogen and oxygen atoms in total. The van der Waals surface area contributed by atoms with Crippen molar-refractivity contribution >= 4 is 28.6 Å². The normalized spacial score (nSPS) is 13.8. The van der Waals surface area contributed by atoms with Gasteiger partial charge in [0.25, 0.3) is 11.5 Å². The van der Waals surface area contributed by atoms with Crippen LogP contribution in [0.4, 0.5) is 0 Å². The lowest BCUT2D eigenvalue weighted by Crippen LogP contribution is -2.27. The van der Waals surface area contributed by atoms with Crippen molar-refractivity contribution in [2.75, 3.05) is 13.1 Å². The van der Waals surface area contributed by atoms with Crippen molar-refractivity contribution < 1.29 is 4.79 Å². The lowest BCUT2D eigenvalue weighted by Gasteiger charge is -2.15. The van der Waals surface area contributed by atoms with Gasteiger partial charge in [-0.2, -0.15) is 0 Å². The number of aromatic nitrogens is 2. The van der Waals surface area contributed by atoms with Crippen LogP contribution in [0.5, 0.6) is 0 Å². The molecule has 0 spiro atoms. The summed E-state index contributed by atoms with van der Waals surface area (Å²) in [6, 6.07) is 15.4. The molecule has 0 atom stereocenters. The Hall–Kier alpha value is -2.60. The van der Waals surface area contributed by atoms with E-state index in [1.807, 2.05) is 58.0 Å². The number of carbonyl (C=O) groups excluding carboxylic acids is 1. The number of thioether (sulfide) groups is 1. The van der Waals surface area contributed by atoms with Gasteiger partial charge in [-0.3, -0.25) is 14.2 Å². The van der Waals surface area contributed by atoms with Crippen LogP contribution in [-0.4, -0.2) is 33.4 Å². The molecule has 0 bridgehead atoms. The molecule has 4 rings (SSSR count). The Morgan fingerprint density at radius 2 is 1.80 bits per heavy atom. The average Bonchev–Trinajstić information content (AvgIpc) is 3.32. The molecule has 3 aromatic rings. The molecular formula is C24H27N3O2S. The number of para-hydroxylation sites is 1. The monoisotopic (exact) mass is 421 g/mol. The molecule has 0 N–H and O–H groups in total. The van der Waals surface area contributed by atoms with E-state index in [4.69, 9.17) is 4.98 Å². The van der Waals surface area contributed by atoms with Crippen molar-refractivity contribution in [2.45, 2.75) is 50.1 Å².